The molecule has 1 aliphatic carbocycles. The highest BCUT2D eigenvalue weighted by Crippen LogP contribution is 2.22. The Balaban J connectivity index is 2.60. The SMILES string of the molecule is O=C1CCc2cnc(Cl)cc21. The van der Waals surface area contributed by atoms with Gasteiger partial charge >= 0.3 is 0 Å². The van der Waals surface area contributed by atoms with E-state index in [-0.39, 0.29) is 5.78 Å². The number of carbonyl (C=O) groups is 1. The highest BCUT2D eigenvalue weighted by molar-refractivity contribution is 6.29. The van der Waals surface area contributed by atoms with Crippen molar-refractivity contribution in [3.8, 4) is 0 Å². The fraction of sp³-hybridized carbons (Fsp3) is 0.250. The van der Waals surface area contributed by atoms with Gasteiger partial charge in [-0.05, 0) is 18.1 Å². The van der Waals surface area contributed by atoms with E-state index in [9.17, 15) is 4.79 Å². The lowest BCUT2D eigenvalue weighted by Crippen LogP contribution is -1.91. The molecule has 0 N–H and O–H groups in total. The molecular weight excluding hydrogens is 162 g/mol. The van der Waals surface area contributed by atoms with Crippen LogP contribution >= 0.6 is 11.6 Å². The number of pyridine rings is 1. The van der Waals surface area contributed by atoms with E-state index >= 15 is 0 Å². The Morgan fingerprint density at radius 3 is 3.09 bits per heavy atom. The summed E-state index contributed by atoms with van der Waals surface area (Å²) in [5.74, 6) is 0.185. The molecule has 2 nitrogen and oxygen atoms in total. The zero-order valence-electron chi connectivity index (χ0n) is 5.80. The lowest BCUT2D eigenvalue weighted by Gasteiger charge is -1.94. The van der Waals surface area contributed by atoms with E-state index < -0.39 is 0 Å². The predicted molar refractivity (Wildman–Crippen MR) is 41.9 cm³/mol. The second kappa shape index (κ2) is 2.31. The third-order valence-electron chi connectivity index (χ3n) is 1.87. The van der Waals surface area contributed by atoms with Crippen molar-refractivity contribution in [2.24, 2.45) is 0 Å². The maximum atomic E-state index is 11.1. The number of nitrogens with zero attached hydrogens (tertiary/aromatic N) is 1. The molecule has 0 aliphatic heterocycles. The van der Waals surface area contributed by atoms with Gasteiger partial charge in [0, 0.05) is 18.2 Å². The van der Waals surface area contributed by atoms with E-state index in [1.165, 1.54) is 0 Å². The van der Waals surface area contributed by atoms with E-state index in [1.807, 2.05) is 0 Å². The van der Waals surface area contributed by atoms with Crippen molar-refractivity contribution in [1.29, 1.82) is 0 Å². The molecule has 56 valence electrons. The summed E-state index contributed by atoms with van der Waals surface area (Å²) in [5, 5.41) is 0.402. The summed E-state index contributed by atoms with van der Waals surface area (Å²) in [6.07, 6.45) is 3.11. The molecule has 1 aliphatic rings. The normalized spacial score (nSPS) is 15.2. The molecule has 0 unspecified atom stereocenters. The van der Waals surface area contributed by atoms with Crippen LogP contribution in [0, 0.1) is 0 Å². The second-order valence-electron chi connectivity index (χ2n) is 2.59. The molecule has 1 heterocycles. The van der Waals surface area contributed by atoms with Crippen LogP contribution in [0.25, 0.3) is 0 Å². The van der Waals surface area contributed by atoms with Crippen LogP contribution in [0.15, 0.2) is 12.3 Å². The van der Waals surface area contributed by atoms with Crippen LogP contribution in [0.1, 0.15) is 22.3 Å². The van der Waals surface area contributed by atoms with Crippen molar-refractivity contribution in [1.82, 2.24) is 4.98 Å². The molecule has 0 amide bonds. The molecule has 0 spiro atoms. The van der Waals surface area contributed by atoms with Crippen molar-refractivity contribution < 1.29 is 4.79 Å². The first kappa shape index (κ1) is 6.80. The van der Waals surface area contributed by atoms with E-state index in [0.29, 0.717) is 11.6 Å². The third-order valence-corrected chi connectivity index (χ3v) is 2.08. The van der Waals surface area contributed by atoms with Gasteiger partial charge in [-0.2, -0.15) is 0 Å². The number of rotatable bonds is 0. The van der Waals surface area contributed by atoms with E-state index in [4.69, 9.17) is 11.6 Å². The summed E-state index contributed by atoms with van der Waals surface area (Å²) < 4.78 is 0. The molecule has 0 radical (unpaired) electrons. The maximum Gasteiger partial charge on any atom is 0.163 e. The summed E-state index contributed by atoms with van der Waals surface area (Å²) in [4.78, 5) is 15.0. The van der Waals surface area contributed by atoms with Crippen LogP contribution in [0.4, 0.5) is 0 Å². The monoisotopic (exact) mass is 167 g/mol. The molecule has 11 heavy (non-hydrogen) atoms. The molecule has 3 heteroatoms. The summed E-state index contributed by atoms with van der Waals surface area (Å²) in [6.45, 7) is 0. The summed E-state index contributed by atoms with van der Waals surface area (Å²) in [5.41, 5.74) is 1.78. The van der Waals surface area contributed by atoms with Gasteiger partial charge < -0.3 is 0 Å². The van der Waals surface area contributed by atoms with Gasteiger partial charge in [0.25, 0.3) is 0 Å². The smallest absolute Gasteiger partial charge is 0.163 e. The maximum absolute atomic E-state index is 11.1. The Hall–Kier alpha value is -0.890. The third kappa shape index (κ3) is 1.03. The summed E-state index contributed by atoms with van der Waals surface area (Å²) in [6, 6.07) is 1.65. The minimum absolute atomic E-state index is 0.185. The standard InChI is InChI=1S/C8H6ClNO/c9-8-3-6-5(4-10-8)1-2-7(6)11/h3-4H,1-2H2. The van der Waals surface area contributed by atoms with Gasteiger partial charge in [0.05, 0.1) is 0 Å². The van der Waals surface area contributed by atoms with Gasteiger partial charge in [0.2, 0.25) is 0 Å². The lowest BCUT2D eigenvalue weighted by atomic mass is 10.2. The molecule has 0 bridgehead atoms. The van der Waals surface area contributed by atoms with Crippen LogP contribution in [0.5, 0.6) is 0 Å². The second-order valence-corrected chi connectivity index (χ2v) is 2.97. The molecule has 1 aromatic rings. The molecule has 0 aromatic carbocycles. The lowest BCUT2D eigenvalue weighted by molar-refractivity contribution is 0.0994. The molecule has 1 aromatic heterocycles. The minimum atomic E-state index is 0.185. The van der Waals surface area contributed by atoms with Gasteiger partial charge in [-0.1, -0.05) is 11.6 Å². The molecule has 0 atom stereocenters. The first-order chi connectivity index (χ1) is 5.27. The average molecular weight is 168 g/mol. The van der Waals surface area contributed by atoms with Crippen LogP contribution < -0.4 is 0 Å². The van der Waals surface area contributed by atoms with Gasteiger partial charge in [-0.15, -0.1) is 0 Å². The Kier molecular flexibility index (Phi) is 1.43. The summed E-state index contributed by atoms with van der Waals surface area (Å²) >= 11 is 5.63. The number of fused-ring (bicyclic) bond motifs is 1. The van der Waals surface area contributed by atoms with E-state index in [1.54, 1.807) is 12.3 Å². The van der Waals surface area contributed by atoms with E-state index in [0.717, 1.165) is 17.5 Å². The van der Waals surface area contributed by atoms with Gasteiger partial charge in [0.15, 0.2) is 5.78 Å². The number of ketones is 1. The predicted octanol–water partition coefficient (Wildman–Crippen LogP) is 1.86. The van der Waals surface area contributed by atoms with Crippen molar-refractivity contribution in [2.45, 2.75) is 12.8 Å². The van der Waals surface area contributed by atoms with Crippen LogP contribution in [0.2, 0.25) is 5.15 Å². The van der Waals surface area contributed by atoms with Gasteiger partial charge in [-0.25, -0.2) is 4.98 Å². The van der Waals surface area contributed by atoms with Gasteiger partial charge in [0.1, 0.15) is 5.15 Å². The minimum Gasteiger partial charge on any atom is -0.294 e. The Labute approximate surface area is 69.2 Å². The first-order valence-electron chi connectivity index (χ1n) is 3.45. The Morgan fingerprint density at radius 1 is 1.45 bits per heavy atom. The number of hydrogen-bond donors (Lipinski definition) is 0. The quantitative estimate of drug-likeness (QED) is 0.552. The highest BCUT2D eigenvalue weighted by atomic mass is 35.5. The molecule has 0 saturated heterocycles. The number of aryl methyl sites for hydroxylation is 1. The zero-order valence-corrected chi connectivity index (χ0v) is 6.56. The fourth-order valence-electron chi connectivity index (χ4n) is 1.30. The number of hydrogen-bond acceptors (Lipinski definition) is 2. The number of carbonyl (C=O) groups excluding carboxylic acids is 1. The molecular formula is C8H6ClNO. The van der Waals surface area contributed by atoms with Crippen molar-refractivity contribution in [3.63, 3.8) is 0 Å². The van der Waals surface area contributed by atoms with Crippen molar-refractivity contribution >= 4 is 17.4 Å². The number of halogens is 1. The Morgan fingerprint density at radius 2 is 2.27 bits per heavy atom. The zero-order chi connectivity index (χ0) is 7.84. The van der Waals surface area contributed by atoms with E-state index in [2.05, 4.69) is 4.98 Å². The topological polar surface area (TPSA) is 30.0 Å². The van der Waals surface area contributed by atoms with Crippen LogP contribution in [-0.4, -0.2) is 10.8 Å². The largest absolute Gasteiger partial charge is 0.294 e. The number of aromatic nitrogens is 1. The Bertz CT molecular complexity index is 322. The molecule has 2 rings (SSSR count). The average Bonchev–Trinajstić information content (AvgIpc) is 2.33. The highest BCUT2D eigenvalue weighted by Gasteiger charge is 2.19. The first-order valence-corrected chi connectivity index (χ1v) is 3.83. The van der Waals surface area contributed by atoms with Crippen molar-refractivity contribution in [2.75, 3.05) is 0 Å². The van der Waals surface area contributed by atoms with Gasteiger partial charge in [-0.3, -0.25) is 4.79 Å². The summed E-state index contributed by atoms with van der Waals surface area (Å²) in [7, 11) is 0. The van der Waals surface area contributed by atoms with Crippen LogP contribution in [-0.2, 0) is 6.42 Å². The van der Waals surface area contributed by atoms with Crippen LogP contribution in [0.3, 0.4) is 0 Å². The fourth-order valence-corrected chi connectivity index (χ4v) is 1.46. The van der Waals surface area contributed by atoms with Crippen molar-refractivity contribution in [3.05, 3.63) is 28.5 Å². The molecule has 0 fully saturated rings. The number of Topliss-reactive ketones (excluding diaryl/α,β-unsaturated/α-hetero) is 1. The molecule has 0 saturated carbocycles.